The number of rotatable bonds is 4. The van der Waals surface area contributed by atoms with Gasteiger partial charge < -0.3 is 10.4 Å². The number of aliphatic hydroxyl groups excluding tert-OH is 1. The molecule has 2 aromatic rings. The first-order chi connectivity index (χ1) is 9.38. The van der Waals surface area contributed by atoms with Gasteiger partial charge in [0.15, 0.2) is 0 Å². The third-order valence-electron chi connectivity index (χ3n) is 3.20. The molecule has 108 valence electrons. The summed E-state index contributed by atoms with van der Waals surface area (Å²) in [5.41, 5.74) is 1.88. The molecule has 1 atom stereocenters. The lowest BCUT2D eigenvalue weighted by Crippen LogP contribution is -2.33. The van der Waals surface area contributed by atoms with Crippen molar-refractivity contribution in [3.63, 3.8) is 0 Å². The molecule has 0 radical (unpaired) electrons. The first kappa shape index (κ1) is 14.5. The van der Waals surface area contributed by atoms with E-state index in [1.165, 1.54) is 5.56 Å². The van der Waals surface area contributed by atoms with Crippen LogP contribution in [-0.4, -0.2) is 38.0 Å². The molecule has 0 aliphatic carbocycles. The Kier molecular flexibility index (Phi) is 4.04. The number of aryl methyl sites for hydroxylation is 1. The molecule has 0 bridgehead atoms. The molecule has 0 saturated carbocycles. The molecule has 0 saturated heterocycles. The maximum absolute atomic E-state index is 10.0. The van der Waals surface area contributed by atoms with Crippen LogP contribution >= 0.6 is 0 Å². The average molecular weight is 275 g/mol. The van der Waals surface area contributed by atoms with E-state index >= 15 is 0 Å². The average Bonchev–Trinajstić information content (AvgIpc) is 2.84. The zero-order valence-corrected chi connectivity index (χ0v) is 12.3. The number of anilines is 1. The van der Waals surface area contributed by atoms with Crippen molar-refractivity contribution >= 4 is 5.95 Å². The number of hydrogen-bond donors (Lipinski definition) is 2. The lowest BCUT2D eigenvalue weighted by Gasteiger charge is -2.25. The van der Waals surface area contributed by atoms with E-state index in [-0.39, 0.29) is 5.41 Å². The van der Waals surface area contributed by atoms with Gasteiger partial charge in [0.25, 0.3) is 0 Å². The quantitative estimate of drug-likeness (QED) is 0.889. The molecule has 0 unspecified atom stereocenters. The monoisotopic (exact) mass is 275 g/mol. The van der Waals surface area contributed by atoms with Crippen LogP contribution < -0.4 is 5.32 Å². The Hall–Kier alpha value is -1.95. The van der Waals surface area contributed by atoms with Crippen LogP contribution in [0, 0.1) is 12.3 Å². The first-order valence-corrected chi connectivity index (χ1v) is 6.65. The van der Waals surface area contributed by atoms with E-state index in [1.807, 2.05) is 52.0 Å². The summed E-state index contributed by atoms with van der Waals surface area (Å²) in [6.45, 7) is 8.39. The van der Waals surface area contributed by atoms with Gasteiger partial charge in [-0.3, -0.25) is 0 Å². The highest BCUT2D eigenvalue weighted by Crippen LogP contribution is 2.19. The Balaban J connectivity index is 2.11. The van der Waals surface area contributed by atoms with Crippen molar-refractivity contribution in [1.82, 2.24) is 20.2 Å². The summed E-state index contributed by atoms with van der Waals surface area (Å²) < 4.78 is 1.62. The molecule has 1 heterocycles. The fraction of sp³-hybridized carbons (Fsp3) is 0.500. The maximum atomic E-state index is 10.0. The summed E-state index contributed by atoms with van der Waals surface area (Å²) in [6.07, 6.45) is -0.481. The molecule has 2 N–H and O–H groups in total. The van der Waals surface area contributed by atoms with E-state index in [2.05, 4.69) is 20.8 Å². The van der Waals surface area contributed by atoms with Crippen LogP contribution in [-0.2, 0) is 0 Å². The predicted octanol–water partition coefficient (Wildman–Crippen LogP) is 1.79. The van der Waals surface area contributed by atoms with Gasteiger partial charge in [-0.1, -0.05) is 43.6 Å². The SMILES string of the molecule is Cc1ccc(-n2nnnc2NC[C@@H](O)C(C)(C)C)cc1. The van der Waals surface area contributed by atoms with E-state index in [0.717, 1.165) is 5.69 Å². The zero-order valence-electron chi connectivity index (χ0n) is 12.3. The predicted molar refractivity (Wildman–Crippen MR) is 77.8 cm³/mol. The molecule has 1 aromatic carbocycles. The van der Waals surface area contributed by atoms with Gasteiger partial charge in [0.05, 0.1) is 11.8 Å². The zero-order chi connectivity index (χ0) is 14.8. The van der Waals surface area contributed by atoms with Gasteiger partial charge in [-0.25, -0.2) is 0 Å². The van der Waals surface area contributed by atoms with Gasteiger partial charge in [-0.05, 0) is 34.9 Å². The van der Waals surface area contributed by atoms with Crippen molar-refractivity contribution in [3.8, 4) is 5.69 Å². The van der Waals surface area contributed by atoms with Crippen LogP contribution in [0.25, 0.3) is 5.69 Å². The van der Waals surface area contributed by atoms with Crippen LogP contribution in [0.15, 0.2) is 24.3 Å². The molecular formula is C14H21N5O. The van der Waals surface area contributed by atoms with Crippen molar-refractivity contribution in [1.29, 1.82) is 0 Å². The van der Waals surface area contributed by atoms with E-state index in [1.54, 1.807) is 4.68 Å². The van der Waals surface area contributed by atoms with Gasteiger partial charge in [0.2, 0.25) is 5.95 Å². The van der Waals surface area contributed by atoms with E-state index in [0.29, 0.717) is 12.5 Å². The molecule has 0 aliphatic rings. The molecular weight excluding hydrogens is 254 g/mol. The number of hydrogen-bond acceptors (Lipinski definition) is 5. The molecule has 1 aromatic heterocycles. The number of tetrazole rings is 1. The highest BCUT2D eigenvalue weighted by Gasteiger charge is 2.22. The Morgan fingerprint density at radius 2 is 1.90 bits per heavy atom. The Labute approximate surface area is 118 Å². The van der Waals surface area contributed by atoms with E-state index in [4.69, 9.17) is 0 Å². The molecule has 0 spiro atoms. The molecule has 0 fully saturated rings. The lowest BCUT2D eigenvalue weighted by atomic mass is 9.89. The van der Waals surface area contributed by atoms with Crippen LogP contribution in [0.2, 0.25) is 0 Å². The number of nitrogens with zero attached hydrogens (tertiary/aromatic N) is 4. The maximum Gasteiger partial charge on any atom is 0.247 e. The largest absolute Gasteiger partial charge is 0.391 e. The molecule has 0 amide bonds. The van der Waals surface area contributed by atoms with E-state index in [9.17, 15) is 5.11 Å². The summed E-state index contributed by atoms with van der Waals surface area (Å²) in [6, 6.07) is 7.92. The second-order valence-electron chi connectivity index (χ2n) is 6.01. The van der Waals surface area contributed by atoms with E-state index < -0.39 is 6.10 Å². The third kappa shape index (κ3) is 3.33. The number of nitrogens with one attached hydrogen (secondary N) is 1. The van der Waals surface area contributed by atoms with Crippen LogP contribution in [0.5, 0.6) is 0 Å². The van der Waals surface area contributed by atoms with Gasteiger partial charge in [0.1, 0.15) is 0 Å². The Morgan fingerprint density at radius 1 is 1.25 bits per heavy atom. The minimum absolute atomic E-state index is 0.185. The van der Waals surface area contributed by atoms with Crippen LogP contribution in [0.1, 0.15) is 26.3 Å². The normalized spacial score (nSPS) is 13.2. The number of benzene rings is 1. The topological polar surface area (TPSA) is 75.9 Å². The highest BCUT2D eigenvalue weighted by atomic mass is 16.3. The first-order valence-electron chi connectivity index (χ1n) is 6.65. The van der Waals surface area contributed by atoms with Crippen LogP contribution in [0.4, 0.5) is 5.95 Å². The summed E-state index contributed by atoms with van der Waals surface area (Å²) in [5, 5.41) is 24.7. The molecule has 2 rings (SSSR count). The molecule has 0 aliphatic heterocycles. The minimum atomic E-state index is -0.481. The Morgan fingerprint density at radius 3 is 2.50 bits per heavy atom. The van der Waals surface area contributed by atoms with Crippen LogP contribution in [0.3, 0.4) is 0 Å². The fourth-order valence-electron chi connectivity index (χ4n) is 1.65. The fourth-order valence-corrected chi connectivity index (χ4v) is 1.65. The lowest BCUT2D eigenvalue weighted by molar-refractivity contribution is 0.0744. The minimum Gasteiger partial charge on any atom is -0.391 e. The third-order valence-corrected chi connectivity index (χ3v) is 3.20. The summed E-state index contributed by atoms with van der Waals surface area (Å²) >= 11 is 0. The second kappa shape index (κ2) is 5.58. The van der Waals surface area contributed by atoms with Crippen molar-refractivity contribution in [3.05, 3.63) is 29.8 Å². The summed E-state index contributed by atoms with van der Waals surface area (Å²) in [7, 11) is 0. The number of aromatic nitrogens is 4. The van der Waals surface area contributed by atoms with Crippen molar-refractivity contribution < 1.29 is 5.11 Å². The number of aliphatic hydroxyl groups is 1. The smallest absolute Gasteiger partial charge is 0.247 e. The molecule has 20 heavy (non-hydrogen) atoms. The van der Waals surface area contributed by atoms with Gasteiger partial charge in [-0.2, -0.15) is 4.68 Å². The van der Waals surface area contributed by atoms with Gasteiger partial charge in [-0.15, -0.1) is 0 Å². The van der Waals surface area contributed by atoms with Gasteiger partial charge in [0, 0.05) is 6.54 Å². The van der Waals surface area contributed by atoms with Crippen molar-refractivity contribution in [2.24, 2.45) is 5.41 Å². The molecule has 6 heteroatoms. The van der Waals surface area contributed by atoms with Crippen molar-refractivity contribution in [2.75, 3.05) is 11.9 Å². The molecule has 6 nitrogen and oxygen atoms in total. The van der Waals surface area contributed by atoms with Gasteiger partial charge >= 0.3 is 0 Å². The Bertz CT molecular complexity index is 556. The van der Waals surface area contributed by atoms with Crippen molar-refractivity contribution in [2.45, 2.75) is 33.8 Å². The highest BCUT2D eigenvalue weighted by molar-refractivity contribution is 5.39. The standard InChI is InChI=1S/C14H21N5O/c1-10-5-7-11(8-6-10)19-13(16-17-18-19)15-9-12(20)14(2,3)4/h5-8,12,20H,9H2,1-4H3,(H,15,16,18)/t12-/m1/s1. The summed E-state index contributed by atoms with van der Waals surface area (Å²) in [5.74, 6) is 0.525. The summed E-state index contributed by atoms with van der Waals surface area (Å²) in [4.78, 5) is 0. The second-order valence-corrected chi connectivity index (χ2v) is 6.01.